The number of nitrogens with two attached hydrogens (primary N) is 3. The molecule has 0 saturated heterocycles. The molecule has 0 saturated carbocycles. The number of carboxylic acid groups (broad SMARTS) is 1. The third kappa shape index (κ3) is 5.49. The minimum absolute atomic E-state index is 0.186. The monoisotopic (exact) mass is 440 g/mol. The van der Waals surface area contributed by atoms with E-state index < -0.39 is 33.4 Å². The minimum Gasteiger partial charge on any atom is -0.476 e. The van der Waals surface area contributed by atoms with Crippen LogP contribution in [0, 0.1) is 0 Å². The first-order valence-electron chi connectivity index (χ1n) is 7.70. The summed E-state index contributed by atoms with van der Waals surface area (Å²) in [7, 11) is -4.25. The van der Waals surface area contributed by atoms with Crippen molar-refractivity contribution >= 4 is 50.0 Å². The van der Waals surface area contributed by atoms with Gasteiger partial charge in [0.2, 0.25) is 5.91 Å². The number of carboxylic acids is 1. The number of aromatic carboxylic acids is 1. The largest absolute Gasteiger partial charge is 0.476 e. The van der Waals surface area contributed by atoms with Crippen molar-refractivity contribution < 1.29 is 27.9 Å². The van der Waals surface area contributed by atoms with E-state index >= 15 is 0 Å². The van der Waals surface area contributed by atoms with Crippen molar-refractivity contribution in [2.45, 2.75) is 11.3 Å². The Morgan fingerprint density at radius 1 is 1.21 bits per heavy atom. The third-order valence-corrected chi connectivity index (χ3v) is 5.70. The predicted molar refractivity (Wildman–Crippen MR) is 104 cm³/mol. The lowest BCUT2D eigenvalue weighted by Gasteiger charge is -2.11. The molecule has 0 spiro atoms. The number of carbonyl (C=O) groups is 3. The molecule has 1 heterocycles. The maximum atomic E-state index is 12.6. The summed E-state index contributed by atoms with van der Waals surface area (Å²) in [6.45, 7) is -0.314. The molecule has 0 aliphatic rings. The second kappa shape index (κ2) is 8.66. The van der Waals surface area contributed by atoms with E-state index in [1.165, 1.54) is 11.6 Å². The molecule has 8 N–H and O–H groups in total. The first-order valence-corrected chi connectivity index (χ1v) is 10.1. The van der Waals surface area contributed by atoms with E-state index in [0.29, 0.717) is 0 Å². The van der Waals surface area contributed by atoms with Crippen molar-refractivity contribution in [2.75, 3.05) is 11.3 Å². The van der Waals surface area contributed by atoms with Crippen molar-refractivity contribution in [1.82, 2.24) is 4.98 Å². The number of aliphatic imine (C=N–C) groups is 1. The van der Waals surface area contributed by atoms with Gasteiger partial charge in [-0.15, -0.1) is 11.3 Å². The number of nitrogens with zero attached hydrogens (tertiary/aromatic N) is 2. The van der Waals surface area contributed by atoms with Crippen LogP contribution in [0.15, 0.2) is 33.6 Å². The number of thiazole rings is 1. The summed E-state index contributed by atoms with van der Waals surface area (Å²) >= 11 is 0.778. The van der Waals surface area contributed by atoms with Gasteiger partial charge in [0.25, 0.3) is 10.0 Å². The smallest absolute Gasteiger partial charge is 0.357 e. The molecule has 0 fully saturated rings. The molecule has 0 aliphatic heterocycles. The third-order valence-electron chi connectivity index (χ3n) is 3.48. The molecule has 0 atom stereocenters. The van der Waals surface area contributed by atoms with E-state index in [0.717, 1.165) is 23.5 Å². The van der Waals surface area contributed by atoms with E-state index in [1.54, 1.807) is 0 Å². The summed E-state index contributed by atoms with van der Waals surface area (Å²) in [5.74, 6) is -3.05. The normalized spacial score (nSPS) is 10.9. The number of guanidine groups is 1. The Morgan fingerprint density at radius 3 is 2.48 bits per heavy atom. The average Bonchev–Trinajstić information content (AvgIpc) is 3.07. The van der Waals surface area contributed by atoms with Crippen LogP contribution in [0.2, 0.25) is 0 Å². The lowest BCUT2D eigenvalue weighted by molar-refractivity contribution is -0.117. The maximum absolute atomic E-state index is 12.6. The number of rotatable bonds is 9. The number of amides is 1. The molecule has 2 aromatic rings. The van der Waals surface area contributed by atoms with Gasteiger partial charge in [0.15, 0.2) is 17.4 Å². The Bertz CT molecular complexity index is 1100. The fourth-order valence-electron chi connectivity index (χ4n) is 2.21. The zero-order valence-electron chi connectivity index (χ0n) is 14.7. The molecule has 0 radical (unpaired) electrons. The number of hydrogen-bond acceptors (Lipinski definition) is 8. The van der Waals surface area contributed by atoms with Crippen LogP contribution in [0.5, 0.6) is 0 Å². The number of ketones is 1. The molecule has 0 bridgehead atoms. The number of aromatic nitrogens is 1. The summed E-state index contributed by atoms with van der Waals surface area (Å²) in [4.78, 5) is 41.5. The van der Waals surface area contributed by atoms with Crippen molar-refractivity contribution in [3.8, 4) is 0 Å². The number of Topliss-reactive ketones (excluding diaryl/α,β-unsaturated/α-hetero) is 1. The molecule has 14 heteroatoms. The summed E-state index contributed by atoms with van der Waals surface area (Å²) in [5, 5.41) is 8.83. The highest BCUT2D eigenvalue weighted by molar-refractivity contribution is 7.93. The average molecular weight is 440 g/mol. The van der Waals surface area contributed by atoms with Gasteiger partial charge in [-0.3, -0.25) is 14.3 Å². The van der Waals surface area contributed by atoms with Crippen LogP contribution < -0.4 is 21.9 Å². The van der Waals surface area contributed by atoms with Gasteiger partial charge in [-0.1, -0.05) is 6.07 Å². The van der Waals surface area contributed by atoms with E-state index in [1.807, 2.05) is 0 Å². The number of benzene rings is 1. The van der Waals surface area contributed by atoms with Crippen molar-refractivity contribution in [3.63, 3.8) is 0 Å². The van der Waals surface area contributed by atoms with Crippen molar-refractivity contribution in [2.24, 2.45) is 22.2 Å². The Balaban J connectivity index is 2.34. The first-order chi connectivity index (χ1) is 13.5. The van der Waals surface area contributed by atoms with Crippen LogP contribution >= 0.6 is 11.3 Å². The summed E-state index contributed by atoms with van der Waals surface area (Å²) < 4.78 is 27.2. The van der Waals surface area contributed by atoms with Crippen molar-refractivity contribution in [3.05, 3.63) is 40.5 Å². The lowest BCUT2D eigenvalue weighted by atomic mass is 10.0. The van der Waals surface area contributed by atoms with E-state index in [4.69, 9.17) is 22.3 Å². The second-order valence-electron chi connectivity index (χ2n) is 5.58. The molecule has 1 aromatic heterocycles. The fourth-order valence-corrected chi connectivity index (χ4v) is 4.22. The van der Waals surface area contributed by atoms with Gasteiger partial charge in [-0.25, -0.2) is 23.2 Å². The zero-order chi connectivity index (χ0) is 21.8. The Morgan fingerprint density at radius 2 is 1.90 bits per heavy atom. The van der Waals surface area contributed by atoms with Gasteiger partial charge in [0, 0.05) is 12.0 Å². The van der Waals surface area contributed by atoms with Gasteiger partial charge in [-0.05, 0) is 17.7 Å². The standard InChI is InChI=1S/C15H16N6O6S2/c16-12(23)10-4-9(2-1-7(10)3-8(22)5-19-15(17)18)29(26,27)21-13-11(14(24)25)20-6-28-13/h1-2,4,6,21H,3,5H2,(H2,16,23)(H,24,25)(H4,17,18,19). The summed E-state index contributed by atoms with van der Waals surface area (Å²) in [6, 6.07) is 3.40. The molecule has 0 aliphatic carbocycles. The lowest BCUT2D eigenvalue weighted by Crippen LogP contribution is -2.24. The Kier molecular flexibility index (Phi) is 6.50. The van der Waals surface area contributed by atoms with Crippen molar-refractivity contribution in [1.29, 1.82) is 0 Å². The van der Waals surface area contributed by atoms with Gasteiger partial charge in [-0.2, -0.15) is 0 Å². The number of sulfonamides is 1. The van der Waals surface area contributed by atoms with E-state index in [2.05, 4.69) is 14.7 Å². The van der Waals surface area contributed by atoms with Crippen LogP contribution in [0.3, 0.4) is 0 Å². The first kappa shape index (κ1) is 21.8. The van der Waals surface area contributed by atoms with Crippen LogP contribution in [0.1, 0.15) is 26.4 Å². The fraction of sp³-hybridized carbons (Fsp3) is 0.133. The summed E-state index contributed by atoms with van der Waals surface area (Å²) in [5.41, 5.74) is 16.3. The van der Waals surface area contributed by atoms with Crippen LogP contribution in [-0.4, -0.2) is 48.7 Å². The quantitative estimate of drug-likeness (QED) is 0.241. The highest BCUT2D eigenvalue weighted by Gasteiger charge is 2.23. The molecular weight excluding hydrogens is 424 g/mol. The van der Waals surface area contributed by atoms with E-state index in [9.17, 15) is 22.8 Å². The van der Waals surface area contributed by atoms with E-state index in [-0.39, 0.29) is 39.9 Å². The maximum Gasteiger partial charge on any atom is 0.357 e. The second-order valence-corrected chi connectivity index (χ2v) is 8.12. The highest BCUT2D eigenvalue weighted by atomic mass is 32.2. The SMILES string of the molecule is NC(=O)c1cc(S(=O)(=O)Nc2scnc2C(=O)O)ccc1CC(=O)CN=C(N)N. The zero-order valence-corrected chi connectivity index (χ0v) is 16.3. The Labute approximate surface area is 168 Å². The predicted octanol–water partition coefficient (Wildman–Crippen LogP) is -0.874. The molecule has 2 rings (SSSR count). The molecule has 1 aromatic carbocycles. The van der Waals surface area contributed by atoms with Gasteiger partial charge in [0.1, 0.15) is 11.5 Å². The van der Waals surface area contributed by atoms with Crippen LogP contribution in [-0.2, 0) is 21.2 Å². The van der Waals surface area contributed by atoms with Crippen LogP contribution in [0.25, 0.3) is 0 Å². The molecule has 154 valence electrons. The van der Waals surface area contributed by atoms with Gasteiger partial charge >= 0.3 is 5.97 Å². The molecule has 0 unspecified atom stereocenters. The van der Waals surface area contributed by atoms with Gasteiger partial charge in [0.05, 0.1) is 10.4 Å². The Hall–Kier alpha value is -3.52. The van der Waals surface area contributed by atoms with Crippen LogP contribution in [0.4, 0.5) is 5.00 Å². The summed E-state index contributed by atoms with van der Waals surface area (Å²) in [6.07, 6.45) is -0.249. The number of nitrogens with one attached hydrogen (secondary N) is 1. The number of anilines is 1. The minimum atomic E-state index is -4.25. The number of hydrogen-bond donors (Lipinski definition) is 5. The molecule has 29 heavy (non-hydrogen) atoms. The molecule has 1 amide bonds. The molecule has 12 nitrogen and oxygen atoms in total. The topological polar surface area (TPSA) is 221 Å². The van der Waals surface area contributed by atoms with Gasteiger partial charge < -0.3 is 22.3 Å². The number of carbonyl (C=O) groups excluding carboxylic acids is 2. The highest BCUT2D eigenvalue weighted by Crippen LogP contribution is 2.25. The molecular formula is C15H16N6O6S2. The number of primary amides is 1.